The number of hydrogen-bond donors (Lipinski definition) is 2. The highest BCUT2D eigenvalue weighted by Crippen LogP contribution is 2.34. The molecule has 6 heteroatoms. The molecule has 1 aliphatic rings. The van der Waals surface area contributed by atoms with Crippen molar-refractivity contribution in [3.8, 4) is 11.5 Å². The Bertz CT molecular complexity index is 925. The van der Waals surface area contributed by atoms with Gasteiger partial charge in [-0.3, -0.25) is 4.79 Å². The second kappa shape index (κ2) is 8.19. The van der Waals surface area contributed by atoms with E-state index >= 15 is 0 Å². The maximum Gasteiger partial charge on any atom is 0.275 e. The third kappa shape index (κ3) is 4.02. The molecule has 0 fully saturated rings. The minimum atomic E-state index is -0.130. The fraction of sp³-hybridized carbons (Fsp3) is 0.227. The van der Waals surface area contributed by atoms with E-state index in [4.69, 9.17) is 13.9 Å². The van der Waals surface area contributed by atoms with Crippen molar-refractivity contribution in [2.45, 2.75) is 19.0 Å². The first kappa shape index (κ1) is 18.1. The number of rotatable bonds is 7. The molecule has 0 saturated heterocycles. The SMILES string of the molecule is C[C@H](NC(=O)C[NH2+][C@H](c1ccccc1)c1ccco1)c1ccc2c(c1)OCO2. The van der Waals surface area contributed by atoms with Crippen LogP contribution < -0.4 is 20.1 Å². The van der Waals surface area contributed by atoms with Gasteiger partial charge in [-0.1, -0.05) is 36.4 Å². The van der Waals surface area contributed by atoms with E-state index in [1.807, 2.05) is 72.9 Å². The molecule has 144 valence electrons. The predicted molar refractivity (Wildman–Crippen MR) is 103 cm³/mol. The first-order valence-corrected chi connectivity index (χ1v) is 9.31. The molecule has 28 heavy (non-hydrogen) atoms. The van der Waals surface area contributed by atoms with Gasteiger partial charge < -0.3 is 24.5 Å². The first-order chi connectivity index (χ1) is 13.7. The van der Waals surface area contributed by atoms with Crippen LogP contribution in [0.15, 0.2) is 71.3 Å². The Labute approximate surface area is 163 Å². The number of furan rings is 1. The van der Waals surface area contributed by atoms with Crippen LogP contribution in [0, 0.1) is 0 Å². The number of carbonyl (C=O) groups excluding carboxylic acids is 1. The number of hydrogen-bond acceptors (Lipinski definition) is 4. The fourth-order valence-corrected chi connectivity index (χ4v) is 3.34. The number of carbonyl (C=O) groups is 1. The minimum Gasteiger partial charge on any atom is -0.463 e. The lowest BCUT2D eigenvalue weighted by molar-refractivity contribution is -0.678. The minimum absolute atomic E-state index is 0.0438. The smallest absolute Gasteiger partial charge is 0.275 e. The number of benzene rings is 2. The van der Waals surface area contributed by atoms with Gasteiger partial charge >= 0.3 is 0 Å². The summed E-state index contributed by atoms with van der Waals surface area (Å²) in [4.78, 5) is 12.5. The van der Waals surface area contributed by atoms with Crippen molar-refractivity contribution in [1.29, 1.82) is 0 Å². The summed E-state index contributed by atoms with van der Waals surface area (Å²) in [6.07, 6.45) is 1.65. The molecule has 1 aromatic heterocycles. The quantitative estimate of drug-likeness (QED) is 0.661. The van der Waals surface area contributed by atoms with Crippen molar-refractivity contribution < 1.29 is 24.0 Å². The molecule has 3 N–H and O–H groups in total. The van der Waals surface area contributed by atoms with Crippen molar-refractivity contribution in [3.05, 3.63) is 83.8 Å². The maximum absolute atomic E-state index is 12.5. The van der Waals surface area contributed by atoms with Gasteiger partial charge in [-0.25, -0.2) is 0 Å². The van der Waals surface area contributed by atoms with E-state index < -0.39 is 0 Å². The van der Waals surface area contributed by atoms with Gasteiger partial charge in [0.05, 0.1) is 12.3 Å². The van der Waals surface area contributed by atoms with Crippen LogP contribution in [0.3, 0.4) is 0 Å². The Morgan fingerprint density at radius 2 is 1.86 bits per heavy atom. The van der Waals surface area contributed by atoms with Gasteiger partial charge in [0.1, 0.15) is 0 Å². The van der Waals surface area contributed by atoms with E-state index in [0.29, 0.717) is 5.75 Å². The normalized spacial score (nSPS) is 14.5. The summed E-state index contributed by atoms with van der Waals surface area (Å²) in [5.74, 6) is 2.23. The monoisotopic (exact) mass is 379 g/mol. The molecule has 0 radical (unpaired) electrons. The predicted octanol–water partition coefficient (Wildman–Crippen LogP) is 2.54. The van der Waals surface area contributed by atoms with Crippen molar-refractivity contribution in [1.82, 2.24) is 5.32 Å². The van der Waals surface area contributed by atoms with Gasteiger partial charge in [0.2, 0.25) is 6.79 Å². The second-order valence-electron chi connectivity index (χ2n) is 6.75. The molecule has 0 spiro atoms. The number of quaternary nitrogens is 1. The molecule has 0 unspecified atom stereocenters. The average Bonchev–Trinajstić information content (AvgIpc) is 3.40. The van der Waals surface area contributed by atoms with Crippen molar-refractivity contribution in [2.75, 3.05) is 13.3 Å². The highest BCUT2D eigenvalue weighted by molar-refractivity contribution is 5.77. The summed E-state index contributed by atoms with van der Waals surface area (Å²) >= 11 is 0. The summed E-state index contributed by atoms with van der Waals surface area (Å²) in [6, 6.07) is 19.3. The van der Waals surface area contributed by atoms with Gasteiger partial charge in [-0.15, -0.1) is 0 Å². The number of amides is 1. The van der Waals surface area contributed by atoms with E-state index in [0.717, 1.165) is 22.6 Å². The van der Waals surface area contributed by atoms with Gasteiger partial charge in [0.25, 0.3) is 5.91 Å². The summed E-state index contributed by atoms with van der Waals surface area (Å²) < 4.78 is 16.3. The third-order valence-electron chi connectivity index (χ3n) is 4.82. The molecule has 2 heterocycles. The molecule has 4 rings (SSSR count). The molecular weight excluding hydrogens is 356 g/mol. The van der Waals surface area contributed by atoms with Crippen molar-refractivity contribution in [3.63, 3.8) is 0 Å². The molecular formula is C22H23N2O4+. The standard InChI is InChI=1S/C22H22N2O4/c1-15(17-9-10-18-20(12-17)28-14-27-18)24-21(25)13-23-22(19-8-5-11-26-19)16-6-3-2-4-7-16/h2-12,15,22-23H,13-14H2,1H3,(H,24,25)/p+1/t15-,22+/m0/s1. The lowest BCUT2D eigenvalue weighted by atomic mass is 10.0. The Balaban J connectivity index is 1.38. The van der Waals surface area contributed by atoms with E-state index in [1.54, 1.807) is 6.26 Å². The van der Waals surface area contributed by atoms with Crippen LogP contribution in [0.4, 0.5) is 0 Å². The molecule has 2 atom stereocenters. The largest absolute Gasteiger partial charge is 0.463 e. The first-order valence-electron chi connectivity index (χ1n) is 9.31. The summed E-state index contributed by atoms with van der Waals surface area (Å²) in [6.45, 7) is 2.48. The van der Waals surface area contributed by atoms with Crippen LogP contribution in [-0.2, 0) is 4.79 Å². The van der Waals surface area contributed by atoms with Crippen LogP contribution in [-0.4, -0.2) is 19.2 Å². The highest BCUT2D eigenvalue weighted by Gasteiger charge is 2.22. The van der Waals surface area contributed by atoms with E-state index in [-0.39, 0.29) is 31.3 Å². The summed E-state index contributed by atoms with van der Waals surface area (Å²) in [5, 5.41) is 5.02. The zero-order chi connectivity index (χ0) is 19.3. The lowest BCUT2D eigenvalue weighted by Gasteiger charge is -2.17. The Kier molecular flexibility index (Phi) is 5.30. The summed E-state index contributed by atoms with van der Waals surface area (Å²) in [5.41, 5.74) is 2.07. The van der Waals surface area contributed by atoms with Gasteiger partial charge in [0.15, 0.2) is 29.8 Å². The highest BCUT2D eigenvalue weighted by atomic mass is 16.7. The fourth-order valence-electron chi connectivity index (χ4n) is 3.34. The van der Waals surface area contributed by atoms with E-state index in [9.17, 15) is 4.79 Å². The number of nitrogens with two attached hydrogens (primary N) is 1. The molecule has 2 aromatic carbocycles. The zero-order valence-electron chi connectivity index (χ0n) is 15.6. The van der Waals surface area contributed by atoms with Crippen LogP contribution in [0.5, 0.6) is 11.5 Å². The zero-order valence-corrected chi connectivity index (χ0v) is 15.6. The van der Waals surface area contributed by atoms with Crippen molar-refractivity contribution >= 4 is 5.91 Å². The Morgan fingerprint density at radius 3 is 2.64 bits per heavy atom. The molecule has 0 bridgehead atoms. The maximum atomic E-state index is 12.5. The lowest BCUT2D eigenvalue weighted by Crippen LogP contribution is -2.87. The van der Waals surface area contributed by atoms with Crippen LogP contribution >= 0.6 is 0 Å². The van der Waals surface area contributed by atoms with E-state index in [1.165, 1.54) is 0 Å². The molecule has 6 nitrogen and oxygen atoms in total. The average molecular weight is 379 g/mol. The second-order valence-corrected chi connectivity index (χ2v) is 6.75. The molecule has 1 amide bonds. The number of ether oxygens (including phenoxy) is 2. The molecule has 0 aliphatic carbocycles. The third-order valence-corrected chi connectivity index (χ3v) is 4.82. The molecule has 1 aliphatic heterocycles. The van der Waals surface area contributed by atoms with E-state index in [2.05, 4.69) is 5.32 Å². The van der Waals surface area contributed by atoms with Crippen molar-refractivity contribution in [2.24, 2.45) is 0 Å². The van der Waals surface area contributed by atoms with Crippen LogP contribution in [0.1, 0.15) is 35.9 Å². The Hall–Kier alpha value is -3.25. The molecule has 3 aromatic rings. The van der Waals surface area contributed by atoms with Crippen LogP contribution in [0.25, 0.3) is 0 Å². The molecule has 0 saturated carbocycles. The number of nitrogens with one attached hydrogen (secondary N) is 1. The van der Waals surface area contributed by atoms with Gasteiger partial charge in [-0.2, -0.15) is 0 Å². The Morgan fingerprint density at radius 1 is 1.04 bits per heavy atom. The topological polar surface area (TPSA) is 77.3 Å². The van der Waals surface area contributed by atoms with Crippen LogP contribution in [0.2, 0.25) is 0 Å². The number of fused-ring (bicyclic) bond motifs is 1. The van der Waals surface area contributed by atoms with Gasteiger partial charge in [-0.05, 0) is 36.8 Å². The summed E-state index contributed by atoms with van der Waals surface area (Å²) in [7, 11) is 0. The van der Waals surface area contributed by atoms with Gasteiger partial charge in [0, 0.05) is 5.56 Å².